The zero-order valence-corrected chi connectivity index (χ0v) is 11.2. The van der Waals surface area contributed by atoms with E-state index in [-0.39, 0.29) is 12.5 Å². The monoisotopic (exact) mass is 258 g/mol. The van der Waals surface area contributed by atoms with E-state index in [1.807, 2.05) is 12.1 Å². The molecule has 1 aliphatic rings. The zero-order valence-electron chi connectivity index (χ0n) is 11.2. The lowest BCUT2D eigenvalue weighted by Crippen LogP contribution is -2.30. The van der Waals surface area contributed by atoms with Gasteiger partial charge in [0.1, 0.15) is 12.4 Å². The molecule has 100 valence electrons. The van der Waals surface area contributed by atoms with E-state index >= 15 is 0 Å². The summed E-state index contributed by atoms with van der Waals surface area (Å²) in [7, 11) is 1.62. The number of hydrogen-bond donors (Lipinski definition) is 0. The van der Waals surface area contributed by atoms with E-state index in [0.717, 1.165) is 18.9 Å². The maximum atomic E-state index is 11.9. The molecular weight excluding hydrogens is 240 g/mol. The Morgan fingerprint density at radius 2 is 2.16 bits per heavy atom. The first-order chi connectivity index (χ1) is 9.22. The molecule has 19 heavy (non-hydrogen) atoms. The molecule has 0 aliphatic carbocycles. The Morgan fingerprint density at radius 3 is 2.74 bits per heavy atom. The van der Waals surface area contributed by atoms with Crippen LogP contribution in [-0.4, -0.2) is 42.5 Å². The molecule has 0 saturated carbocycles. The molecule has 0 atom stereocenters. The largest absolute Gasteiger partial charge is 0.357 e. The summed E-state index contributed by atoms with van der Waals surface area (Å²) in [5.74, 6) is 0.762. The summed E-state index contributed by atoms with van der Waals surface area (Å²) >= 11 is 0. The minimum atomic E-state index is -0.167. The molecule has 1 aromatic heterocycles. The first-order valence-corrected chi connectivity index (χ1v) is 6.56. The smallest absolute Gasteiger partial charge is 0.256 e. The van der Waals surface area contributed by atoms with Gasteiger partial charge in [-0.25, -0.2) is 4.98 Å². The van der Waals surface area contributed by atoms with Crippen molar-refractivity contribution in [3.8, 4) is 6.07 Å². The van der Waals surface area contributed by atoms with Crippen LogP contribution in [0.5, 0.6) is 0 Å². The van der Waals surface area contributed by atoms with Crippen LogP contribution in [0.3, 0.4) is 0 Å². The number of pyridine rings is 1. The van der Waals surface area contributed by atoms with Crippen LogP contribution in [0.25, 0.3) is 0 Å². The molecule has 2 rings (SSSR count). The molecule has 1 aliphatic heterocycles. The number of anilines is 1. The molecule has 0 radical (unpaired) electrons. The number of carbonyl (C=O) groups is 1. The third-order valence-corrected chi connectivity index (χ3v) is 3.33. The van der Waals surface area contributed by atoms with E-state index < -0.39 is 0 Å². The first kappa shape index (κ1) is 13.3. The number of nitrogens with zero attached hydrogens (tertiary/aromatic N) is 4. The molecule has 1 fully saturated rings. The number of hydrogen-bond acceptors (Lipinski definition) is 4. The third-order valence-electron chi connectivity index (χ3n) is 3.33. The Morgan fingerprint density at radius 1 is 1.42 bits per heavy atom. The van der Waals surface area contributed by atoms with Gasteiger partial charge in [0, 0.05) is 26.3 Å². The van der Waals surface area contributed by atoms with E-state index in [0.29, 0.717) is 5.56 Å². The predicted molar refractivity (Wildman–Crippen MR) is 72.9 cm³/mol. The topological polar surface area (TPSA) is 60.2 Å². The average molecular weight is 258 g/mol. The lowest BCUT2D eigenvalue weighted by Gasteiger charge is -2.27. The van der Waals surface area contributed by atoms with Gasteiger partial charge in [-0.15, -0.1) is 0 Å². The Labute approximate surface area is 113 Å². The molecule has 5 nitrogen and oxygen atoms in total. The summed E-state index contributed by atoms with van der Waals surface area (Å²) in [4.78, 5) is 19.9. The first-order valence-electron chi connectivity index (χ1n) is 6.56. The summed E-state index contributed by atoms with van der Waals surface area (Å²) < 4.78 is 0. The highest BCUT2D eigenvalue weighted by molar-refractivity contribution is 5.94. The average Bonchev–Trinajstić information content (AvgIpc) is 2.48. The molecule has 5 heteroatoms. The van der Waals surface area contributed by atoms with E-state index in [9.17, 15) is 4.79 Å². The van der Waals surface area contributed by atoms with Gasteiger partial charge < -0.3 is 9.80 Å². The zero-order chi connectivity index (χ0) is 13.7. The van der Waals surface area contributed by atoms with Gasteiger partial charge in [-0.1, -0.05) is 0 Å². The van der Waals surface area contributed by atoms with Crippen molar-refractivity contribution < 1.29 is 4.79 Å². The van der Waals surface area contributed by atoms with Gasteiger partial charge in [0.15, 0.2) is 0 Å². The van der Waals surface area contributed by atoms with Crippen molar-refractivity contribution in [2.24, 2.45) is 0 Å². The Kier molecular flexibility index (Phi) is 4.35. The van der Waals surface area contributed by atoms with Gasteiger partial charge in [0.2, 0.25) is 0 Å². The Hall–Kier alpha value is -2.09. The maximum Gasteiger partial charge on any atom is 0.256 e. The van der Waals surface area contributed by atoms with Crippen molar-refractivity contribution in [1.29, 1.82) is 5.26 Å². The van der Waals surface area contributed by atoms with Crippen LogP contribution in [0.4, 0.5) is 5.82 Å². The van der Waals surface area contributed by atoms with Crippen LogP contribution >= 0.6 is 0 Å². The highest BCUT2D eigenvalue weighted by Gasteiger charge is 2.14. The highest BCUT2D eigenvalue weighted by atomic mass is 16.2. The Bertz CT molecular complexity index is 471. The Balaban J connectivity index is 2.05. The number of nitriles is 1. The van der Waals surface area contributed by atoms with E-state index in [1.54, 1.807) is 19.3 Å². The summed E-state index contributed by atoms with van der Waals surface area (Å²) in [6, 6.07) is 5.63. The molecule has 1 amide bonds. The highest BCUT2D eigenvalue weighted by Crippen LogP contribution is 2.17. The second-order valence-corrected chi connectivity index (χ2v) is 4.77. The van der Waals surface area contributed by atoms with Gasteiger partial charge in [0.05, 0.1) is 11.6 Å². The second kappa shape index (κ2) is 6.19. The minimum Gasteiger partial charge on any atom is -0.357 e. The quantitative estimate of drug-likeness (QED) is 0.774. The fourth-order valence-electron chi connectivity index (χ4n) is 2.22. The molecule has 1 saturated heterocycles. The molecular formula is C14H18N4O. The lowest BCUT2D eigenvalue weighted by molar-refractivity contribution is 0.0811. The lowest BCUT2D eigenvalue weighted by atomic mass is 10.1. The number of carbonyl (C=O) groups excluding carboxylic acids is 1. The van der Waals surface area contributed by atoms with Crippen LogP contribution in [0, 0.1) is 11.3 Å². The summed E-state index contributed by atoms with van der Waals surface area (Å²) in [6.45, 7) is 2.16. The van der Waals surface area contributed by atoms with Crippen LogP contribution in [0.1, 0.15) is 29.6 Å². The van der Waals surface area contributed by atoms with Crippen molar-refractivity contribution in [2.45, 2.75) is 19.3 Å². The van der Waals surface area contributed by atoms with Crippen molar-refractivity contribution >= 4 is 11.7 Å². The van der Waals surface area contributed by atoms with E-state index in [4.69, 9.17) is 5.26 Å². The normalized spacial score (nSPS) is 14.8. The van der Waals surface area contributed by atoms with Crippen molar-refractivity contribution in [3.63, 3.8) is 0 Å². The maximum absolute atomic E-state index is 11.9. The fraction of sp³-hybridized carbons (Fsp3) is 0.500. The van der Waals surface area contributed by atoms with Gasteiger partial charge >= 0.3 is 0 Å². The summed E-state index contributed by atoms with van der Waals surface area (Å²) in [5, 5.41) is 8.58. The number of aromatic nitrogens is 1. The predicted octanol–water partition coefficient (Wildman–Crippen LogP) is 1.67. The van der Waals surface area contributed by atoms with Crippen LogP contribution in [0.15, 0.2) is 18.3 Å². The van der Waals surface area contributed by atoms with Crippen LogP contribution < -0.4 is 4.90 Å². The summed E-state index contributed by atoms with van der Waals surface area (Å²) in [5.41, 5.74) is 0.526. The molecule has 0 aromatic carbocycles. The molecule has 0 spiro atoms. The van der Waals surface area contributed by atoms with Gasteiger partial charge in [-0.05, 0) is 31.4 Å². The molecule has 1 aromatic rings. The van der Waals surface area contributed by atoms with Gasteiger partial charge in [-0.3, -0.25) is 4.79 Å². The molecule has 0 unspecified atom stereocenters. The summed E-state index contributed by atoms with van der Waals surface area (Å²) in [6.07, 6.45) is 5.28. The minimum absolute atomic E-state index is 0.0900. The standard InChI is InChI=1S/C14H18N4O/c1-17(10-7-15)14(19)12-5-6-13(16-11-12)18-8-3-2-4-9-18/h5-6,11H,2-4,8-10H2,1H3. The molecule has 0 bridgehead atoms. The van der Waals surface area contributed by atoms with Crippen molar-refractivity contribution in [3.05, 3.63) is 23.9 Å². The number of rotatable bonds is 3. The van der Waals surface area contributed by atoms with E-state index in [1.165, 1.54) is 24.2 Å². The third kappa shape index (κ3) is 3.22. The van der Waals surface area contributed by atoms with Crippen molar-refractivity contribution in [2.75, 3.05) is 31.6 Å². The fourth-order valence-corrected chi connectivity index (χ4v) is 2.22. The van der Waals surface area contributed by atoms with Crippen LogP contribution in [0.2, 0.25) is 0 Å². The van der Waals surface area contributed by atoms with Crippen LogP contribution in [-0.2, 0) is 0 Å². The SMILES string of the molecule is CN(CC#N)C(=O)c1ccc(N2CCCCC2)nc1. The van der Waals surface area contributed by atoms with Gasteiger partial charge in [0.25, 0.3) is 5.91 Å². The van der Waals surface area contributed by atoms with Crippen molar-refractivity contribution in [1.82, 2.24) is 9.88 Å². The van der Waals surface area contributed by atoms with E-state index in [2.05, 4.69) is 9.88 Å². The second-order valence-electron chi connectivity index (χ2n) is 4.77. The molecule has 0 N–H and O–H groups in total. The number of amides is 1. The van der Waals surface area contributed by atoms with Gasteiger partial charge in [-0.2, -0.15) is 5.26 Å². The number of piperidine rings is 1. The molecule has 2 heterocycles.